The van der Waals surface area contributed by atoms with Gasteiger partial charge in [-0.25, -0.2) is 0 Å². The molecular weight excluding hydrogens is 901 g/mol. The Kier molecular flexibility index (Phi) is 58.7. The molecule has 0 aliphatic carbocycles. The lowest BCUT2D eigenvalue weighted by Gasteiger charge is -2.18. The van der Waals surface area contributed by atoms with Gasteiger partial charge in [-0.3, -0.25) is 14.4 Å². The zero-order valence-corrected chi connectivity index (χ0v) is 48.4. The van der Waals surface area contributed by atoms with Crippen molar-refractivity contribution in [1.82, 2.24) is 0 Å². The van der Waals surface area contributed by atoms with Crippen LogP contribution in [0.5, 0.6) is 0 Å². The van der Waals surface area contributed by atoms with Gasteiger partial charge in [-0.05, 0) is 109 Å². The monoisotopic (exact) mass is 1020 g/mol. The molecule has 0 aliphatic heterocycles. The molecule has 0 aromatic carbocycles. The molecule has 0 aromatic heterocycles. The van der Waals surface area contributed by atoms with E-state index in [0.29, 0.717) is 19.3 Å². The molecule has 0 heterocycles. The molecule has 0 aromatic rings. The van der Waals surface area contributed by atoms with Crippen molar-refractivity contribution in [2.45, 2.75) is 322 Å². The number of ether oxygens (including phenoxy) is 3. The van der Waals surface area contributed by atoms with E-state index in [1.807, 2.05) is 0 Å². The average molecular weight is 1020 g/mol. The van der Waals surface area contributed by atoms with Gasteiger partial charge in [-0.15, -0.1) is 0 Å². The molecule has 0 fully saturated rings. The van der Waals surface area contributed by atoms with Gasteiger partial charge >= 0.3 is 17.9 Å². The molecular formula is C67H118O6. The van der Waals surface area contributed by atoms with Crippen molar-refractivity contribution < 1.29 is 28.6 Å². The van der Waals surface area contributed by atoms with E-state index >= 15 is 0 Å². The minimum absolute atomic E-state index is 0.0866. The van der Waals surface area contributed by atoms with Crippen molar-refractivity contribution in [1.29, 1.82) is 0 Å². The summed E-state index contributed by atoms with van der Waals surface area (Å²) in [5.41, 5.74) is 0. The Morgan fingerprint density at radius 1 is 0.288 bits per heavy atom. The van der Waals surface area contributed by atoms with Crippen LogP contribution in [0.3, 0.4) is 0 Å². The average Bonchev–Trinajstić information content (AvgIpc) is 3.39. The molecule has 0 N–H and O–H groups in total. The predicted octanol–water partition coefficient (Wildman–Crippen LogP) is 21.3. The second-order valence-corrected chi connectivity index (χ2v) is 20.9. The molecule has 0 amide bonds. The minimum atomic E-state index is -0.792. The van der Waals surface area contributed by atoms with Crippen molar-refractivity contribution in [3.05, 3.63) is 72.9 Å². The first-order chi connectivity index (χ1) is 36.0. The number of carbonyl (C=O) groups excluding carboxylic acids is 3. The Morgan fingerprint density at radius 3 is 0.849 bits per heavy atom. The number of allylic oxidation sites excluding steroid dienone is 12. The predicted molar refractivity (Wildman–Crippen MR) is 316 cm³/mol. The van der Waals surface area contributed by atoms with Gasteiger partial charge < -0.3 is 14.2 Å². The SMILES string of the molecule is CC/C=C\C/C=C\C/C=C\C/C=C\CCCCCCC(=O)OC(COC(=O)CCCCCCCCC/C=C\CCCCCCCC)COC(=O)CCCCCCCCCCC/C=C\CCCCCCCCCC. The Balaban J connectivity index is 4.39. The van der Waals surface area contributed by atoms with Crippen LogP contribution in [-0.2, 0) is 28.6 Å². The van der Waals surface area contributed by atoms with E-state index in [0.717, 1.165) is 96.3 Å². The Bertz CT molecular complexity index is 1360. The van der Waals surface area contributed by atoms with Gasteiger partial charge in [0.25, 0.3) is 0 Å². The Hall–Kier alpha value is -3.15. The molecule has 0 rings (SSSR count). The smallest absolute Gasteiger partial charge is 0.306 e. The van der Waals surface area contributed by atoms with Crippen LogP contribution in [0, 0.1) is 0 Å². The highest BCUT2D eigenvalue weighted by molar-refractivity contribution is 5.71. The first kappa shape index (κ1) is 69.8. The van der Waals surface area contributed by atoms with E-state index in [-0.39, 0.29) is 31.1 Å². The highest BCUT2D eigenvalue weighted by Gasteiger charge is 2.19. The van der Waals surface area contributed by atoms with Crippen LogP contribution in [0.15, 0.2) is 72.9 Å². The summed E-state index contributed by atoms with van der Waals surface area (Å²) < 4.78 is 16.9. The summed E-state index contributed by atoms with van der Waals surface area (Å²) in [5.74, 6) is -0.904. The normalized spacial score (nSPS) is 12.5. The number of esters is 3. The van der Waals surface area contributed by atoms with E-state index in [4.69, 9.17) is 14.2 Å². The fourth-order valence-electron chi connectivity index (χ4n) is 8.95. The van der Waals surface area contributed by atoms with Gasteiger partial charge in [-0.1, -0.05) is 261 Å². The molecule has 6 nitrogen and oxygen atoms in total. The van der Waals surface area contributed by atoms with E-state index in [1.54, 1.807) is 0 Å². The molecule has 0 aliphatic rings. The largest absolute Gasteiger partial charge is 0.462 e. The molecule has 422 valence electrons. The van der Waals surface area contributed by atoms with Crippen LogP contribution in [0.4, 0.5) is 0 Å². The molecule has 0 spiro atoms. The fourth-order valence-corrected chi connectivity index (χ4v) is 8.95. The highest BCUT2D eigenvalue weighted by atomic mass is 16.6. The van der Waals surface area contributed by atoms with Gasteiger partial charge in [0.05, 0.1) is 0 Å². The number of carbonyl (C=O) groups is 3. The van der Waals surface area contributed by atoms with Gasteiger partial charge in [0.15, 0.2) is 6.10 Å². The van der Waals surface area contributed by atoms with Gasteiger partial charge in [0, 0.05) is 19.3 Å². The zero-order chi connectivity index (χ0) is 52.9. The lowest BCUT2D eigenvalue weighted by Crippen LogP contribution is -2.30. The summed E-state index contributed by atoms with van der Waals surface area (Å²) in [4.78, 5) is 38.3. The minimum Gasteiger partial charge on any atom is -0.462 e. The topological polar surface area (TPSA) is 78.9 Å². The molecule has 1 unspecified atom stereocenters. The molecule has 0 radical (unpaired) electrons. The summed E-state index contributed by atoms with van der Waals surface area (Å²) >= 11 is 0. The van der Waals surface area contributed by atoms with E-state index in [1.165, 1.54) is 180 Å². The van der Waals surface area contributed by atoms with Gasteiger partial charge in [-0.2, -0.15) is 0 Å². The van der Waals surface area contributed by atoms with Crippen LogP contribution >= 0.6 is 0 Å². The number of unbranched alkanes of at least 4 members (excludes halogenated alkanes) is 34. The van der Waals surface area contributed by atoms with Crippen LogP contribution < -0.4 is 0 Å². The molecule has 1 atom stereocenters. The number of hydrogen-bond acceptors (Lipinski definition) is 6. The van der Waals surface area contributed by atoms with Gasteiger partial charge in [0.1, 0.15) is 13.2 Å². The first-order valence-electron chi connectivity index (χ1n) is 31.4. The standard InChI is InChI=1S/C67H118O6/c1-4-7-10-13-16-19-22-25-28-31-32-33-34-37-39-42-45-48-51-54-57-60-66(69)72-63-64(73-67(70)61-58-55-52-49-46-43-40-36-30-27-24-21-18-15-12-9-6-3)62-71-65(68)59-56-53-50-47-44-41-38-35-29-26-23-20-17-14-11-8-5-2/h9,12,18,21,26-27,29-32,40,43,64H,4-8,10-11,13-17,19-20,22-25,28,33-39,41-42,44-63H2,1-3H3/b12-9-,21-18-,29-26-,30-27-,32-31-,43-40-. The van der Waals surface area contributed by atoms with E-state index < -0.39 is 6.10 Å². The molecule has 6 heteroatoms. The maximum Gasteiger partial charge on any atom is 0.306 e. The van der Waals surface area contributed by atoms with Crippen molar-refractivity contribution in [2.75, 3.05) is 13.2 Å². The second-order valence-electron chi connectivity index (χ2n) is 20.9. The zero-order valence-electron chi connectivity index (χ0n) is 48.4. The summed E-state index contributed by atoms with van der Waals surface area (Å²) in [6, 6.07) is 0. The van der Waals surface area contributed by atoms with Crippen molar-refractivity contribution in [3.63, 3.8) is 0 Å². The second kappa shape index (κ2) is 61.4. The molecule has 73 heavy (non-hydrogen) atoms. The summed E-state index contributed by atoms with van der Waals surface area (Å²) in [6.07, 6.45) is 79.0. The first-order valence-corrected chi connectivity index (χ1v) is 31.4. The van der Waals surface area contributed by atoms with Gasteiger partial charge in [0.2, 0.25) is 0 Å². The fraction of sp³-hybridized carbons (Fsp3) is 0.776. The summed E-state index contributed by atoms with van der Waals surface area (Å²) in [5, 5.41) is 0. The Morgan fingerprint density at radius 2 is 0.534 bits per heavy atom. The summed E-state index contributed by atoms with van der Waals surface area (Å²) in [6.45, 7) is 6.53. The van der Waals surface area contributed by atoms with Crippen LogP contribution in [0.2, 0.25) is 0 Å². The third-order valence-corrected chi connectivity index (χ3v) is 13.7. The number of hydrogen-bond donors (Lipinski definition) is 0. The van der Waals surface area contributed by atoms with Crippen molar-refractivity contribution in [3.8, 4) is 0 Å². The number of rotatable bonds is 57. The molecule has 0 saturated carbocycles. The summed E-state index contributed by atoms with van der Waals surface area (Å²) in [7, 11) is 0. The highest BCUT2D eigenvalue weighted by Crippen LogP contribution is 2.16. The van der Waals surface area contributed by atoms with E-state index in [9.17, 15) is 14.4 Å². The Labute approximate surface area is 453 Å². The quantitative estimate of drug-likeness (QED) is 0.0261. The lowest BCUT2D eigenvalue weighted by molar-refractivity contribution is -0.167. The molecule has 0 bridgehead atoms. The third kappa shape index (κ3) is 59.6. The lowest BCUT2D eigenvalue weighted by atomic mass is 10.1. The molecule has 0 saturated heterocycles. The van der Waals surface area contributed by atoms with Crippen LogP contribution in [-0.4, -0.2) is 37.2 Å². The maximum absolute atomic E-state index is 12.9. The van der Waals surface area contributed by atoms with E-state index in [2.05, 4.69) is 93.7 Å². The van der Waals surface area contributed by atoms with Crippen molar-refractivity contribution >= 4 is 17.9 Å². The van der Waals surface area contributed by atoms with Crippen LogP contribution in [0.25, 0.3) is 0 Å². The third-order valence-electron chi connectivity index (χ3n) is 13.7. The van der Waals surface area contributed by atoms with Crippen LogP contribution in [0.1, 0.15) is 316 Å². The van der Waals surface area contributed by atoms with Crippen molar-refractivity contribution in [2.24, 2.45) is 0 Å². The maximum atomic E-state index is 12.9.